The first-order chi connectivity index (χ1) is 7.17. The van der Waals surface area contributed by atoms with Crippen LogP contribution in [0.15, 0.2) is 12.1 Å². The molecule has 1 atom stereocenters. The highest BCUT2D eigenvalue weighted by Gasteiger charge is 2.06. The Morgan fingerprint density at radius 1 is 1.47 bits per heavy atom. The third-order valence-electron chi connectivity index (χ3n) is 2.28. The Balaban J connectivity index is 2.66. The minimum absolute atomic E-state index is 0.163. The summed E-state index contributed by atoms with van der Waals surface area (Å²) in [5.74, 6) is 1.03. The van der Waals surface area contributed by atoms with Crippen molar-refractivity contribution in [2.45, 2.75) is 25.8 Å². The lowest BCUT2D eigenvalue weighted by molar-refractivity contribution is 0.278. The molecule has 0 radical (unpaired) electrons. The molecule has 0 fully saturated rings. The Morgan fingerprint density at radius 2 is 2.20 bits per heavy atom. The van der Waals surface area contributed by atoms with Crippen LogP contribution in [0.1, 0.15) is 19.8 Å². The van der Waals surface area contributed by atoms with Crippen LogP contribution in [0.3, 0.4) is 0 Å². The van der Waals surface area contributed by atoms with Crippen LogP contribution in [0, 0.1) is 0 Å². The molecule has 0 aromatic carbocycles. The standard InChI is InChI=1S/C10H18N4O/c1-2-7(5-6-15)13-9-4-3-8(11)10(12)14-9/h3-4,7,15H,2,5-6,11H2,1H3,(H3,12,13,14). The first-order valence-corrected chi connectivity index (χ1v) is 5.06. The summed E-state index contributed by atoms with van der Waals surface area (Å²) in [6.07, 6.45) is 1.62. The van der Waals surface area contributed by atoms with Crippen molar-refractivity contribution in [1.29, 1.82) is 0 Å². The van der Waals surface area contributed by atoms with Gasteiger partial charge in [-0.15, -0.1) is 0 Å². The van der Waals surface area contributed by atoms with Crippen LogP contribution >= 0.6 is 0 Å². The molecule has 0 bridgehead atoms. The van der Waals surface area contributed by atoms with Gasteiger partial charge in [-0.1, -0.05) is 6.92 Å². The van der Waals surface area contributed by atoms with Crippen LogP contribution in [-0.4, -0.2) is 22.7 Å². The molecule has 5 nitrogen and oxygen atoms in total. The van der Waals surface area contributed by atoms with E-state index in [1.54, 1.807) is 12.1 Å². The molecule has 0 saturated carbocycles. The summed E-state index contributed by atoms with van der Waals surface area (Å²) >= 11 is 0. The Labute approximate surface area is 89.5 Å². The summed E-state index contributed by atoms with van der Waals surface area (Å²) in [6, 6.07) is 3.72. The fourth-order valence-electron chi connectivity index (χ4n) is 1.31. The Bertz CT molecular complexity index is 316. The monoisotopic (exact) mass is 210 g/mol. The Kier molecular flexibility index (Phi) is 4.17. The van der Waals surface area contributed by atoms with Crippen LogP contribution in [0.2, 0.25) is 0 Å². The van der Waals surface area contributed by atoms with E-state index in [9.17, 15) is 0 Å². The SMILES string of the molecule is CCC(CCO)Nc1ccc(N)c(N)n1. The van der Waals surface area contributed by atoms with Gasteiger partial charge in [-0.05, 0) is 25.0 Å². The molecule has 0 saturated heterocycles. The molecule has 84 valence electrons. The second-order valence-corrected chi connectivity index (χ2v) is 3.43. The molecule has 5 heteroatoms. The molecule has 0 aliphatic rings. The number of nitrogen functional groups attached to an aromatic ring is 2. The molecule has 0 amide bonds. The second kappa shape index (κ2) is 5.41. The molecule has 1 aromatic rings. The van der Waals surface area contributed by atoms with Gasteiger partial charge in [0.2, 0.25) is 0 Å². The van der Waals surface area contributed by atoms with E-state index in [1.165, 1.54) is 0 Å². The predicted molar refractivity (Wildman–Crippen MR) is 62.5 cm³/mol. The lowest BCUT2D eigenvalue weighted by Gasteiger charge is -2.16. The maximum atomic E-state index is 8.84. The number of nitrogens with one attached hydrogen (secondary N) is 1. The smallest absolute Gasteiger partial charge is 0.149 e. The van der Waals surface area contributed by atoms with Crippen LogP contribution in [0.25, 0.3) is 0 Å². The van der Waals surface area contributed by atoms with Crippen molar-refractivity contribution >= 4 is 17.3 Å². The topological polar surface area (TPSA) is 97.2 Å². The maximum Gasteiger partial charge on any atom is 0.149 e. The highest BCUT2D eigenvalue weighted by atomic mass is 16.3. The van der Waals surface area contributed by atoms with E-state index >= 15 is 0 Å². The zero-order valence-electron chi connectivity index (χ0n) is 8.90. The molecule has 1 unspecified atom stereocenters. The van der Waals surface area contributed by atoms with Crippen molar-refractivity contribution in [3.8, 4) is 0 Å². The lowest BCUT2D eigenvalue weighted by Crippen LogP contribution is -2.20. The van der Waals surface area contributed by atoms with Gasteiger partial charge in [-0.3, -0.25) is 0 Å². The van der Waals surface area contributed by atoms with Gasteiger partial charge in [-0.2, -0.15) is 0 Å². The number of nitrogens with two attached hydrogens (primary N) is 2. The summed E-state index contributed by atoms with van der Waals surface area (Å²) in [5.41, 5.74) is 11.6. The molecule has 1 aromatic heterocycles. The zero-order valence-corrected chi connectivity index (χ0v) is 8.90. The molecule has 15 heavy (non-hydrogen) atoms. The highest BCUT2D eigenvalue weighted by Crippen LogP contribution is 2.16. The average Bonchev–Trinajstić information content (AvgIpc) is 2.23. The Morgan fingerprint density at radius 3 is 2.73 bits per heavy atom. The van der Waals surface area contributed by atoms with E-state index < -0.39 is 0 Å². The average molecular weight is 210 g/mol. The minimum Gasteiger partial charge on any atom is -0.396 e. The van der Waals surface area contributed by atoms with Crippen LogP contribution in [-0.2, 0) is 0 Å². The molecule has 1 rings (SSSR count). The van der Waals surface area contributed by atoms with Crippen molar-refractivity contribution in [2.24, 2.45) is 0 Å². The van der Waals surface area contributed by atoms with E-state index in [2.05, 4.69) is 10.3 Å². The van der Waals surface area contributed by atoms with E-state index in [0.29, 0.717) is 23.7 Å². The summed E-state index contributed by atoms with van der Waals surface area (Å²) in [6.45, 7) is 2.21. The molecule has 0 aliphatic carbocycles. The number of rotatable bonds is 5. The molecular weight excluding hydrogens is 192 g/mol. The van der Waals surface area contributed by atoms with Crippen molar-refractivity contribution in [3.05, 3.63) is 12.1 Å². The molecular formula is C10H18N4O. The van der Waals surface area contributed by atoms with Crippen molar-refractivity contribution in [1.82, 2.24) is 4.98 Å². The third kappa shape index (κ3) is 3.28. The van der Waals surface area contributed by atoms with E-state index in [-0.39, 0.29) is 12.6 Å². The van der Waals surface area contributed by atoms with Gasteiger partial charge in [0.15, 0.2) is 0 Å². The number of hydrogen-bond donors (Lipinski definition) is 4. The fraction of sp³-hybridized carbons (Fsp3) is 0.500. The van der Waals surface area contributed by atoms with E-state index in [4.69, 9.17) is 16.6 Å². The number of aliphatic hydroxyl groups excluding tert-OH is 1. The van der Waals surface area contributed by atoms with Gasteiger partial charge in [0.25, 0.3) is 0 Å². The predicted octanol–water partition coefficient (Wildman–Crippen LogP) is 0.819. The normalized spacial score (nSPS) is 12.4. The van der Waals surface area contributed by atoms with E-state index in [1.807, 2.05) is 6.92 Å². The van der Waals surface area contributed by atoms with Gasteiger partial charge in [-0.25, -0.2) is 4.98 Å². The number of hydrogen-bond acceptors (Lipinski definition) is 5. The highest BCUT2D eigenvalue weighted by molar-refractivity contribution is 5.61. The van der Waals surface area contributed by atoms with E-state index in [0.717, 1.165) is 6.42 Å². The molecule has 1 heterocycles. The van der Waals surface area contributed by atoms with Crippen molar-refractivity contribution in [2.75, 3.05) is 23.4 Å². The van der Waals surface area contributed by atoms with Crippen molar-refractivity contribution < 1.29 is 5.11 Å². The zero-order chi connectivity index (χ0) is 11.3. The molecule has 0 aliphatic heterocycles. The third-order valence-corrected chi connectivity index (χ3v) is 2.28. The molecule has 0 spiro atoms. The van der Waals surface area contributed by atoms with Crippen molar-refractivity contribution in [3.63, 3.8) is 0 Å². The summed E-state index contributed by atoms with van der Waals surface area (Å²) in [7, 11) is 0. The van der Waals surface area contributed by atoms with Gasteiger partial charge in [0.05, 0.1) is 5.69 Å². The quantitative estimate of drug-likeness (QED) is 0.577. The number of aromatic nitrogens is 1. The number of nitrogens with zero attached hydrogens (tertiary/aromatic N) is 1. The number of anilines is 3. The second-order valence-electron chi connectivity index (χ2n) is 3.43. The number of aliphatic hydroxyl groups is 1. The summed E-state index contributed by atoms with van der Waals surface area (Å²) < 4.78 is 0. The summed E-state index contributed by atoms with van der Waals surface area (Å²) in [4.78, 5) is 4.10. The fourth-order valence-corrected chi connectivity index (χ4v) is 1.31. The van der Waals surface area contributed by atoms with Gasteiger partial charge < -0.3 is 21.9 Å². The first kappa shape index (κ1) is 11.6. The van der Waals surface area contributed by atoms with Gasteiger partial charge in [0, 0.05) is 12.6 Å². The van der Waals surface area contributed by atoms with Crippen LogP contribution in [0.4, 0.5) is 17.3 Å². The summed E-state index contributed by atoms with van der Waals surface area (Å²) in [5, 5.41) is 12.0. The van der Waals surface area contributed by atoms with Crippen LogP contribution in [0.5, 0.6) is 0 Å². The Hall–Kier alpha value is -1.49. The largest absolute Gasteiger partial charge is 0.396 e. The maximum absolute atomic E-state index is 8.84. The number of pyridine rings is 1. The first-order valence-electron chi connectivity index (χ1n) is 5.06. The van der Waals surface area contributed by atoms with Crippen LogP contribution < -0.4 is 16.8 Å². The lowest BCUT2D eigenvalue weighted by atomic mass is 10.1. The van der Waals surface area contributed by atoms with Gasteiger partial charge in [0.1, 0.15) is 11.6 Å². The molecule has 6 N–H and O–H groups in total. The minimum atomic E-state index is 0.163. The van der Waals surface area contributed by atoms with Gasteiger partial charge >= 0.3 is 0 Å².